The summed E-state index contributed by atoms with van der Waals surface area (Å²) in [5.41, 5.74) is 2.01. The molecule has 0 aliphatic rings. The highest BCUT2D eigenvalue weighted by atomic mass is 35.5. The molecule has 0 radical (unpaired) electrons. The lowest BCUT2D eigenvalue weighted by Gasteiger charge is -2.15. The number of aromatic nitrogens is 2. The molecule has 1 aromatic carbocycles. The van der Waals surface area contributed by atoms with Crippen molar-refractivity contribution in [2.75, 3.05) is 6.54 Å². The van der Waals surface area contributed by atoms with E-state index in [4.69, 9.17) is 27.9 Å². The van der Waals surface area contributed by atoms with E-state index in [2.05, 4.69) is 15.3 Å². The van der Waals surface area contributed by atoms with Crippen LogP contribution < -0.4 is 10.1 Å². The molecule has 3 aromatic rings. The van der Waals surface area contributed by atoms with Gasteiger partial charge in [-0.25, -0.2) is 4.98 Å². The molecule has 1 amide bonds. The van der Waals surface area contributed by atoms with Gasteiger partial charge in [-0.2, -0.15) is 0 Å². The van der Waals surface area contributed by atoms with E-state index in [1.807, 2.05) is 17.5 Å². The molecule has 28 heavy (non-hydrogen) atoms. The molecular formula is C20H19Cl2N3O2S. The van der Waals surface area contributed by atoms with Gasteiger partial charge in [-0.15, -0.1) is 11.3 Å². The minimum absolute atomic E-state index is 0.178. The van der Waals surface area contributed by atoms with Gasteiger partial charge in [0, 0.05) is 42.4 Å². The summed E-state index contributed by atoms with van der Waals surface area (Å²) >= 11 is 13.5. The van der Waals surface area contributed by atoms with Crippen molar-refractivity contribution >= 4 is 40.4 Å². The number of thiazole rings is 1. The van der Waals surface area contributed by atoms with Crippen LogP contribution in [0.3, 0.4) is 0 Å². The quantitative estimate of drug-likeness (QED) is 0.503. The van der Waals surface area contributed by atoms with E-state index >= 15 is 0 Å². The van der Waals surface area contributed by atoms with E-state index in [1.165, 1.54) is 0 Å². The number of pyridine rings is 1. The molecule has 1 N–H and O–H groups in total. The van der Waals surface area contributed by atoms with Crippen molar-refractivity contribution in [3.8, 4) is 17.0 Å². The summed E-state index contributed by atoms with van der Waals surface area (Å²) in [6.45, 7) is 2.25. The molecule has 2 heterocycles. The van der Waals surface area contributed by atoms with E-state index in [0.717, 1.165) is 29.1 Å². The van der Waals surface area contributed by atoms with Crippen LogP contribution in [0.4, 0.5) is 0 Å². The molecule has 0 aliphatic carbocycles. The maximum atomic E-state index is 12.2. The summed E-state index contributed by atoms with van der Waals surface area (Å²) in [6.07, 6.45) is 4.48. The number of nitrogens with one attached hydrogen (secondary N) is 1. The van der Waals surface area contributed by atoms with Crippen LogP contribution >= 0.6 is 34.5 Å². The van der Waals surface area contributed by atoms with Gasteiger partial charge in [0.05, 0.1) is 20.7 Å². The molecule has 2 aromatic heterocycles. The minimum atomic E-state index is -0.629. The third-order valence-corrected chi connectivity index (χ3v) is 5.62. The molecule has 0 fully saturated rings. The van der Waals surface area contributed by atoms with E-state index < -0.39 is 6.10 Å². The lowest BCUT2D eigenvalue weighted by atomic mass is 10.2. The number of ether oxygens (including phenoxy) is 1. The Morgan fingerprint density at radius 3 is 2.75 bits per heavy atom. The first-order chi connectivity index (χ1) is 13.5. The van der Waals surface area contributed by atoms with E-state index in [-0.39, 0.29) is 5.91 Å². The largest absolute Gasteiger partial charge is 0.481 e. The van der Waals surface area contributed by atoms with Crippen LogP contribution in [0, 0.1) is 0 Å². The summed E-state index contributed by atoms with van der Waals surface area (Å²) in [7, 11) is 0. The van der Waals surface area contributed by atoms with Crippen LogP contribution in [0.2, 0.25) is 10.0 Å². The first-order valence-electron chi connectivity index (χ1n) is 8.77. The molecule has 0 bridgehead atoms. The Balaban J connectivity index is 1.41. The number of benzene rings is 1. The van der Waals surface area contributed by atoms with Crippen molar-refractivity contribution in [2.45, 2.75) is 25.9 Å². The Hall–Kier alpha value is -2.15. The number of nitrogens with zero attached hydrogens (tertiary/aromatic N) is 2. The highest BCUT2D eigenvalue weighted by molar-refractivity contribution is 7.09. The minimum Gasteiger partial charge on any atom is -0.481 e. The molecule has 0 spiro atoms. The number of amides is 1. The van der Waals surface area contributed by atoms with Gasteiger partial charge in [0.1, 0.15) is 5.75 Å². The van der Waals surface area contributed by atoms with Crippen molar-refractivity contribution in [1.82, 2.24) is 15.3 Å². The predicted octanol–water partition coefficient (Wildman–Crippen LogP) is 5.03. The third kappa shape index (κ3) is 5.67. The van der Waals surface area contributed by atoms with Crippen molar-refractivity contribution in [3.05, 3.63) is 63.2 Å². The first kappa shape index (κ1) is 20.6. The Labute approximate surface area is 177 Å². The molecule has 1 unspecified atom stereocenters. The normalized spacial score (nSPS) is 11.8. The van der Waals surface area contributed by atoms with Crippen molar-refractivity contribution in [2.24, 2.45) is 0 Å². The number of rotatable bonds is 8. The van der Waals surface area contributed by atoms with Gasteiger partial charge in [-0.1, -0.05) is 23.2 Å². The number of carbonyl (C=O) groups is 1. The average molecular weight is 436 g/mol. The number of hydrogen-bond donors (Lipinski definition) is 1. The van der Waals surface area contributed by atoms with Gasteiger partial charge in [-0.3, -0.25) is 9.78 Å². The summed E-state index contributed by atoms with van der Waals surface area (Å²) in [5.74, 6) is 0.325. The van der Waals surface area contributed by atoms with Crippen LogP contribution in [0.5, 0.6) is 5.75 Å². The number of halogens is 2. The first-order valence-corrected chi connectivity index (χ1v) is 10.4. The van der Waals surface area contributed by atoms with Crippen molar-refractivity contribution in [1.29, 1.82) is 0 Å². The van der Waals surface area contributed by atoms with E-state index in [1.54, 1.807) is 48.9 Å². The number of aryl methyl sites for hydroxylation is 1. The van der Waals surface area contributed by atoms with Crippen LogP contribution in [-0.2, 0) is 11.2 Å². The SMILES string of the molecule is CC(Oc1ccc(Cl)c(Cl)c1)C(=O)NCCCc1nc(-c2ccncc2)cs1. The molecule has 5 nitrogen and oxygen atoms in total. The van der Waals surface area contributed by atoms with Crippen molar-refractivity contribution in [3.63, 3.8) is 0 Å². The summed E-state index contributed by atoms with van der Waals surface area (Å²) in [4.78, 5) is 20.8. The zero-order chi connectivity index (χ0) is 19.9. The van der Waals surface area contributed by atoms with E-state index in [9.17, 15) is 4.79 Å². The van der Waals surface area contributed by atoms with Crippen LogP contribution in [-0.4, -0.2) is 28.5 Å². The maximum Gasteiger partial charge on any atom is 0.260 e. The molecule has 8 heteroatoms. The second-order valence-corrected chi connectivity index (χ2v) is 7.85. The van der Waals surface area contributed by atoms with E-state index in [0.29, 0.717) is 22.3 Å². The standard InChI is InChI=1S/C20H19Cl2N3O2S/c1-13(27-15-4-5-16(21)17(22)11-15)20(26)24-8-2-3-19-25-18(12-28-19)14-6-9-23-10-7-14/h4-7,9-13H,2-3,8H2,1H3,(H,24,26). The molecule has 1 atom stereocenters. The molecular weight excluding hydrogens is 417 g/mol. The lowest BCUT2D eigenvalue weighted by molar-refractivity contribution is -0.127. The fourth-order valence-corrected chi connectivity index (χ4v) is 3.62. The Morgan fingerprint density at radius 2 is 2.00 bits per heavy atom. The summed E-state index contributed by atoms with van der Waals surface area (Å²) < 4.78 is 5.61. The lowest BCUT2D eigenvalue weighted by Crippen LogP contribution is -2.36. The molecule has 3 rings (SSSR count). The van der Waals surface area contributed by atoms with Gasteiger partial charge < -0.3 is 10.1 Å². The molecule has 146 valence electrons. The highest BCUT2D eigenvalue weighted by Gasteiger charge is 2.15. The Morgan fingerprint density at radius 1 is 1.21 bits per heavy atom. The van der Waals surface area contributed by atoms with Gasteiger partial charge in [0.2, 0.25) is 0 Å². The summed E-state index contributed by atoms with van der Waals surface area (Å²) in [6, 6.07) is 8.79. The van der Waals surface area contributed by atoms with Gasteiger partial charge >= 0.3 is 0 Å². The molecule has 0 aliphatic heterocycles. The summed E-state index contributed by atoms with van der Waals surface area (Å²) in [5, 5.41) is 6.80. The highest BCUT2D eigenvalue weighted by Crippen LogP contribution is 2.27. The zero-order valence-electron chi connectivity index (χ0n) is 15.2. The fraction of sp³-hybridized carbons (Fsp3) is 0.250. The average Bonchev–Trinajstić information content (AvgIpc) is 3.17. The van der Waals surface area contributed by atoms with Crippen LogP contribution in [0.25, 0.3) is 11.3 Å². The monoisotopic (exact) mass is 435 g/mol. The molecule has 0 saturated carbocycles. The Kier molecular flexibility index (Phi) is 7.25. The predicted molar refractivity (Wildman–Crippen MR) is 113 cm³/mol. The second kappa shape index (κ2) is 9.87. The zero-order valence-corrected chi connectivity index (χ0v) is 17.5. The number of carbonyl (C=O) groups excluding carboxylic acids is 1. The second-order valence-electron chi connectivity index (χ2n) is 6.09. The van der Waals surface area contributed by atoms with Gasteiger partial charge in [0.15, 0.2) is 6.10 Å². The maximum absolute atomic E-state index is 12.2. The number of hydrogen-bond acceptors (Lipinski definition) is 5. The van der Waals surface area contributed by atoms with Crippen LogP contribution in [0.1, 0.15) is 18.4 Å². The van der Waals surface area contributed by atoms with Gasteiger partial charge in [-0.05, 0) is 37.6 Å². The smallest absolute Gasteiger partial charge is 0.260 e. The molecule has 0 saturated heterocycles. The third-order valence-electron chi connectivity index (χ3n) is 3.97. The Bertz CT molecular complexity index is 934. The fourth-order valence-electron chi connectivity index (χ4n) is 2.48. The van der Waals surface area contributed by atoms with Crippen LogP contribution in [0.15, 0.2) is 48.1 Å². The topological polar surface area (TPSA) is 64.1 Å². The van der Waals surface area contributed by atoms with Gasteiger partial charge in [0.25, 0.3) is 5.91 Å². The van der Waals surface area contributed by atoms with Crippen molar-refractivity contribution < 1.29 is 9.53 Å².